The Bertz CT molecular complexity index is 329. The molecule has 0 heterocycles. The fourth-order valence-electron chi connectivity index (χ4n) is 0.953. The maximum absolute atomic E-state index is 12.8. The average molecular weight is 229 g/mol. The molecule has 0 saturated heterocycles. The molecule has 0 radical (unpaired) electrons. The summed E-state index contributed by atoms with van der Waals surface area (Å²) in [6, 6.07) is 2.24. The van der Waals surface area contributed by atoms with Crippen LogP contribution in [0.15, 0.2) is 12.1 Å². The van der Waals surface area contributed by atoms with Crippen LogP contribution in [0.3, 0.4) is 0 Å². The molecule has 0 fully saturated rings. The Morgan fingerprint density at radius 3 is 2.50 bits per heavy atom. The van der Waals surface area contributed by atoms with Crippen molar-refractivity contribution in [2.24, 2.45) is 0 Å². The van der Waals surface area contributed by atoms with E-state index >= 15 is 0 Å². The van der Waals surface area contributed by atoms with E-state index in [1.54, 1.807) is 0 Å². The minimum Gasteiger partial charge on any atom is -0.504 e. The van der Waals surface area contributed by atoms with Crippen molar-refractivity contribution in [2.75, 3.05) is 5.73 Å². The van der Waals surface area contributed by atoms with Gasteiger partial charge in [0, 0.05) is 12.1 Å². The number of nitrogens with two attached hydrogens (primary N) is 1. The molecule has 1 aromatic carbocycles. The van der Waals surface area contributed by atoms with E-state index in [9.17, 15) is 9.50 Å². The van der Waals surface area contributed by atoms with Crippen LogP contribution in [0, 0.1) is 5.82 Å². The third-order valence-corrected chi connectivity index (χ3v) is 1.98. The van der Waals surface area contributed by atoms with E-state index in [-0.39, 0.29) is 23.3 Å². The van der Waals surface area contributed by atoms with Gasteiger partial charge in [-0.3, -0.25) is 0 Å². The minimum absolute atomic E-state index is 0.0268. The zero-order valence-corrected chi connectivity index (χ0v) is 10.2. The summed E-state index contributed by atoms with van der Waals surface area (Å²) in [7, 11) is 0. The highest BCUT2D eigenvalue weighted by molar-refractivity contribution is 5.52. The largest absolute Gasteiger partial charge is 0.504 e. The van der Waals surface area contributed by atoms with Crippen LogP contribution in [0.25, 0.3) is 0 Å². The number of nitrogen functional groups attached to an aromatic ring is 1. The molecule has 1 rings (SSSR count). The molecule has 16 heavy (non-hydrogen) atoms. The number of hydrogen-bond donors (Lipinski definition) is 2. The van der Waals surface area contributed by atoms with Gasteiger partial charge in [-0.05, 0) is 13.3 Å². The van der Waals surface area contributed by atoms with E-state index < -0.39 is 5.82 Å². The molecule has 92 valence electrons. The van der Waals surface area contributed by atoms with Crippen LogP contribution in [0.5, 0.6) is 11.5 Å². The normalized spacial score (nSPS) is 11.3. The highest BCUT2D eigenvalue weighted by Crippen LogP contribution is 2.31. The summed E-state index contributed by atoms with van der Waals surface area (Å²) in [5.74, 6) is -0.644. The summed E-state index contributed by atoms with van der Waals surface area (Å²) < 4.78 is 18.2. The third kappa shape index (κ3) is 3.96. The first-order valence-electron chi connectivity index (χ1n) is 5.49. The molecule has 1 unspecified atom stereocenters. The molecule has 0 bridgehead atoms. The van der Waals surface area contributed by atoms with Crippen LogP contribution in [-0.4, -0.2) is 11.2 Å². The molecule has 0 aliphatic rings. The van der Waals surface area contributed by atoms with Gasteiger partial charge in [-0.25, -0.2) is 4.39 Å². The van der Waals surface area contributed by atoms with E-state index in [1.165, 1.54) is 6.07 Å². The monoisotopic (exact) mass is 229 g/mol. The summed E-state index contributed by atoms with van der Waals surface area (Å²) in [5, 5.41) is 9.34. The molecule has 4 heteroatoms. The molecule has 0 aliphatic heterocycles. The minimum atomic E-state index is -0.640. The zero-order chi connectivity index (χ0) is 12.7. The van der Waals surface area contributed by atoms with Crippen molar-refractivity contribution in [3.8, 4) is 11.5 Å². The molecule has 3 nitrogen and oxygen atoms in total. The number of benzene rings is 1. The van der Waals surface area contributed by atoms with Gasteiger partial charge in [0.1, 0.15) is 5.82 Å². The second-order valence-corrected chi connectivity index (χ2v) is 3.18. The lowest BCUT2D eigenvalue weighted by Gasteiger charge is -2.14. The van der Waals surface area contributed by atoms with Crippen molar-refractivity contribution in [3.63, 3.8) is 0 Å². The summed E-state index contributed by atoms with van der Waals surface area (Å²) in [6.07, 6.45) is 0.766. The van der Waals surface area contributed by atoms with Gasteiger partial charge >= 0.3 is 0 Å². The SMILES string of the molecule is CC.CCC(C)Oc1cc(N)c(F)cc1O. The van der Waals surface area contributed by atoms with E-state index in [4.69, 9.17) is 10.5 Å². The Morgan fingerprint density at radius 2 is 2.00 bits per heavy atom. The summed E-state index contributed by atoms with van der Waals surface area (Å²) in [4.78, 5) is 0. The molecule has 0 spiro atoms. The average Bonchev–Trinajstić information content (AvgIpc) is 2.28. The van der Waals surface area contributed by atoms with E-state index in [1.807, 2.05) is 27.7 Å². The van der Waals surface area contributed by atoms with Gasteiger partial charge in [-0.1, -0.05) is 20.8 Å². The number of rotatable bonds is 3. The fourth-order valence-corrected chi connectivity index (χ4v) is 0.953. The first-order chi connectivity index (χ1) is 7.54. The number of aromatic hydroxyl groups is 1. The quantitative estimate of drug-likeness (QED) is 0.617. The van der Waals surface area contributed by atoms with Crippen molar-refractivity contribution in [1.82, 2.24) is 0 Å². The first-order valence-corrected chi connectivity index (χ1v) is 5.49. The third-order valence-electron chi connectivity index (χ3n) is 1.98. The van der Waals surface area contributed by atoms with Crippen molar-refractivity contribution >= 4 is 5.69 Å². The van der Waals surface area contributed by atoms with E-state index in [0.29, 0.717) is 0 Å². The fraction of sp³-hybridized carbons (Fsp3) is 0.500. The van der Waals surface area contributed by atoms with Crippen LogP contribution in [0.2, 0.25) is 0 Å². The lowest BCUT2D eigenvalue weighted by Crippen LogP contribution is -2.10. The first kappa shape index (κ1) is 14.6. The molecule has 1 aromatic rings. The Morgan fingerprint density at radius 1 is 1.44 bits per heavy atom. The number of phenolic OH excluding ortho intramolecular Hbond substituents is 1. The number of ether oxygens (including phenoxy) is 1. The van der Waals surface area contributed by atoms with Gasteiger partial charge < -0.3 is 15.6 Å². The molecular formula is C12H20FNO2. The van der Waals surface area contributed by atoms with Crippen LogP contribution in [0.1, 0.15) is 34.1 Å². The second kappa shape index (κ2) is 6.93. The van der Waals surface area contributed by atoms with Crippen LogP contribution in [-0.2, 0) is 0 Å². The van der Waals surface area contributed by atoms with Gasteiger partial charge in [0.25, 0.3) is 0 Å². The zero-order valence-electron chi connectivity index (χ0n) is 10.2. The van der Waals surface area contributed by atoms with Crippen molar-refractivity contribution in [1.29, 1.82) is 0 Å². The highest BCUT2D eigenvalue weighted by Gasteiger charge is 2.10. The maximum atomic E-state index is 12.8. The van der Waals surface area contributed by atoms with Crippen molar-refractivity contribution in [3.05, 3.63) is 17.9 Å². The predicted molar refractivity (Wildman–Crippen MR) is 64.2 cm³/mol. The Hall–Kier alpha value is -1.45. The molecular weight excluding hydrogens is 209 g/mol. The topological polar surface area (TPSA) is 55.5 Å². The maximum Gasteiger partial charge on any atom is 0.163 e. The Balaban J connectivity index is 0.00000106. The van der Waals surface area contributed by atoms with Crippen molar-refractivity contribution in [2.45, 2.75) is 40.2 Å². The van der Waals surface area contributed by atoms with Crippen LogP contribution >= 0.6 is 0 Å². The number of halogens is 1. The van der Waals surface area contributed by atoms with Gasteiger partial charge in [-0.2, -0.15) is 0 Å². The van der Waals surface area contributed by atoms with Gasteiger partial charge in [-0.15, -0.1) is 0 Å². The number of phenols is 1. The van der Waals surface area contributed by atoms with Gasteiger partial charge in [0.2, 0.25) is 0 Å². The van der Waals surface area contributed by atoms with Gasteiger partial charge in [0.15, 0.2) is 11.5 Å². The Kier molecular flexibility index (Phi) is 6.30. The number of hydrogen-bond acceptors (Lipinski definition) is 3. The molecule has 0 aliphatic carbocycles. The second-order valence-electron chi connectivity index (χ2n) is 3.18. The van der Waals surface area contributed by atoms with E-state index in [2.05, 4.69) is 0 Å². The summed E-state index contributed by atoms with van der Waals surface area (Å²) in [5.41, 5.74) is 5.31. The van der Waals surface area contributed by atoms with Crippen LogP contribution in [0.4, 0.5) is 10.1 Å². The van der Waals surface area contributed by atoms with Crippen LogP contribution < -0.4 is 10.5 Å². The van der Waals surface area contributed by atoms with E-state index in [0.717, 1.165) is 12.5 Å². The predicted octanol–water partition coefficient (Wildman–Crippen LogP) is 3.32. The summed E-state index contributed by atoms with van der Waals surface area (Å²) >= 11 is 0. The molecule has 0 aromatic heterocycles. The molecule has 0 amide bonds. The highest BCUT2D eigenvalue weighted by atomic mass is 19.1. The lowest BCUT2D eigenvalue weighted by atomic mass is 10.2. The van der Waals surface area contributed by atoms with Gasteiger partial charge in [0.05, 0.1) is 11.8 Å². The smallest absolute Gasteiger partial charge is 0.163 e. The molecule has 1 atom stereocenters. The lowest BCUT2D eigenvalue weighted by molar-refractivity contribution is 0.208. The van der Waals surface area contributed by atoms with Crippen molar-refractivity contribution < 1.29 is 14.2 Å². The Labute approximate surface area is 96.0 Å². The standard InChI is InChI=1S/C10H14FNO2.C2H6/c1-3-6(2)14-10-5-8(12)7(11)4-9(10)13;1-2/h4-6,13H,3,12H2,1-2H3;1-2H3. The molecule has 3 N–H and O–H groups in total. The molecule has 0 saturated carbocycles. The number of anilines is 1. The summed E-state index contributed by atoms with van der Waals surface area (Å²) in [6.45, 7) is 7.81.